The number of likely N-dealkylation sites (tertiary alicyclic amines) is 1. The Morgan fingerprint density at radius 2 is 2.07 bits per heavy atom. The predicted octanol–water partition coefficient (Wildman–Crippen LogP) is -0.0671. The van der Waals surface area contributed by atoms with Crippen LogP contribution in [0.5, 0.6) is 0 Å². The Morgan fingerprint density at radius 1 is 1.44 bits per heavy atom. The van der Waals surface area contributed by atoms with Crippen molar-refractivity contribution in [2.24, 2.45) is 5.41 Å². The maximum Gasteiger partial charge on any atom is 0.348 e. The average molecular weight is 383 g/mol. The van der Waals surface area contributed by atoms with Crippen molar-refractivity contribution < 1.29 is 24.9 Å². The smallest absolute Gasteiger partial charge is 0.348 e. The Hall–Kier alpha value is -2.26. The predicted molar refractivity (Wildman–Crippen MR) is 98.3 cm³/mol. The second kappa shape index (κ2) is 10.2. The van der Waals surface area contributed by atoms with Gasteiger partial charge < -0.3 is 20.2 Å². The van der Waals surface area contributed by atoms with E-state index >= 15 is 0 Å². The van der Waals surface area contributed by atoms with Crippen LogP contribution in [0.4, 0.5) is 0 Å². The number of carbonyl (C=O) groups is 2. The van der Waals surface area contributed by atoms with Crippen LogP contribution in [0.3, 0.4) is 0 Å². The molecule has 1 aromatic rings. The van der Waals surface area contributed by atoms with E-state index in [1.807, 2.05) is 6.92 Å². The van der Waals surface area contributed by atoms with Crippen LogP contribution in [0.15, 0.2) is 10.9 Å². The van der Waals surface area contributed by atoms with Crippen LogP contribution in [0.2, 0.25) is 0 Å². The van der Waals surface area contributed by atoms with Crippen LogP contribution in [0.1, 0.15) is 37.6 Å². The number of carbonyl (C=O) groups excluding carboxylic acids is 1. The molecule has 2 rings (SSSR count). The van der Waals surface area contributed by atoms with Crippen LogP contribution in [-0.4, -0.2) is 68.0 Å². The number of hydrogen-bond donors (Lipinski definition) is 3. The van der Waals surface area contributed by atoms with E-state index in [1.54, 1.807) is 24.8 Å². The van der Waals surface area contributed by atoms with Crippen molar-refractivity contribution >= 4 is 12.4 Å². The second-order valence-electron chi connectivity index (χ2n) is 6.90. The first kappa shape index (κ1) is 22.8. The van der Waals surface area contributed by atoms with Gasteiger partial charge in [0.25, 0.3) is 6.47 Å². The number of amides is 1. The van der Waals surface area contributed by atoms with Crippen LogP contribution in [-0.2, 0) is 16.1 Å². The van der Waals surface area contributed by atoms with Crippen molar-refractivity contribution in [2.45, 2.75) is 52.7 Å². The van der Waals surface area contributed by atoms with E-state index in [0.717, 1.165) is 6.42 Å². The minimum Gasteiger partial charge on any atom is -0.483 e. The van der Waals surface area contributed by atoms with E-state index < -0.39 is 17.2 Å². The molecule has 3 N–H and O–H groups in total. The van der Waals surface area contributed by atoms with Gasteiger partial charge in [-0.25, -0.2) is 4.79 Å². The number of aryl methyl sites for hydroxylation is 2. The number of carboxylic acid groups (broad SMARTS) is 1. The van der Waals surface area contributed by atoms with E-state index in [-0.39, 0.29) is 25.5 Å². The van der Waals surface area contributed by atoms with E-state index in [0.29, 0.717) is 37.3 Å². The summed E-state index contributed by atoms with van der Waals surface area (Å²) in [7, 11) is 0. The van der Waals surface area contributed by atoms with Crippen molar-refractivity contribution in [2.75, 3.05) is 19.7 Å². The number of aromatic nitrogens is 2. The summed E-state index contributed by atoms with van der Waals surface area (Å²) in [5.74, 6) is -0.188. The third-order valence-electron chi connectivity index (χ3n) is 4.94. The third kappa shape index (κ3) is 5.61. The molecule has 1 amide bonds. The number of aliphatic hydroxyl groups excluding tert-OH is 2. The quantitative estimate of drug-likeness (QED) is 0.606. The van der Waals surface area contributed by atoms with Crippen molar-refractivity contribution in [3.05, 3.63) is 27.9 Å². The lowest BCUT2D eigenvalue weighted by molar-refractivity contribution is -0.143. The van der Waals surface area contributed by atoms with Crippen molar-refractivity contribution in [3.8, 4) is 0 Å². The monoisotopic (exact) mass is 383 g/mol. The molecule has 0 saturated carbocycles. The van der Waals surface area contributed by atoms with Crippen LogP contribution >= 0.6 is 0 Å². The molecular formula is C18H29N3O6. The van der Waals surface area contributed by atoms with E-state index in [1.165, 1.54) is 4.57 Å². The van der Waals surface area contributed by atoms with Gasteiger partial charge in [0.05, 0.1) is 12.7 Å². The van der Waals surface area contributed by atoms with E-state index in [4.69, 9.17) is 9.90 Å². The molecule has 27 heavy (non-hydrogen) atoms. The SMILES string of the molecule is CCC[C@@]1(CO)CN(C(=O)Cn2c(C)cc(C)nc2=O)CC[C@@H]1O.O=CO. The Labute approximate surface area is 158 Å². The summed E-state index contributed by atoms with van der Waals surface area (Å²) in [6.45, 7) is 5.78. The summed E-state index contributed by atoms with van der Waals surface area (Å²) in [5, 5.41) is 27.0. The van der Waals surface area contributed by atoms with Gasteiger partial charge >= 0.3 is 5.69 Å². The molecule has 152 valence electrons. The molecule has 2 atom stereocenters. The highest BCUT2D eigenvalue weighted by Crippen LogP contribution is 2.34. The molecule has 1 aromatic heterocycles. The molecule has 1 fully saturated rings. The molecule has 1 aliphatic rings. The lowest BCUT2D eigenvalue weighted by Gasteiger charge is -2.45. The van der Waals surface area contributed by atoms with Gasteiger partial charge in [-0.1, -0.05) is 13.3 Å². The van der Waals surface area contributed by atoms with Crippen LogP contribution in [0.25, 0.3) is 0 Å². The van der Waals surface area contributed by atoms with Crippen molar-refractivity contribution in [1.82, 2.24) is 14.5 Å². The van der Waals surface area contributed by atoms with Crippen LogP contribution in [0, 0.1) is 19.3 Å². The summed E-state index contributed by atoms with van der Waals surface area (Å²) in [4.78, 5) is 38.5. The molecular weight excluding hydrogens is 354 g/mol. The Balaban J connectivity index is 0.00000114. The highest BCUT2D eigenvalue weighted by atomic mass is 16.3. The van der Waals surface area contributed by atoms with Gasteiger partial charge in [0.1, 0.15) is 6.54 Å². The number of rotatable bonds is 5. The summed E-state index contributed by atoms with van der Waals surface area (Å²) < 4.78 is 1.36. The van der Waals surface area contributed by atoms with Gasteiger partial charge in [-0.05, 0) is 32.8 Å². The first-order valence-corrected chi connectivity index (χ1v) is 8.94. The highest BCUT2D eigenvalue weighted by molar-refractivity contribution is 5.76. The molecule has 0 aliphatic carbocycles. The molecule has 0 spiro atoms. The van der Waals surface area contributed by atoms with E-state index in [9.17, 15) is 19.8 Å². The average Bonchev–Trinajstić information content (AvgIpc) is 2.60. The Morgan fingerprint density at radius 3 is 2.59 bits per heavy atom. The lowest BCUT2D eigenvalue weighted by atomic mass is 9.74. The summed E-state index contributed by atoms with van der Waals surface area (Å²) >= 11 is 0. The molecule has 0 unspecified atom stereocenters. The molecule has 2 heterocycles. The van der Waals surface area contributed by atoms with Gasteiger partial charge in [-0.3, -0.25) is 14.2 Å². The van der Waals surface area contributed by atoms with Gasteiger partial charge in [0.2, 0.25) is 5.91 Å². The summed E-state index contributed by atoms with van der Waals surface area (Å²) in [5.41, 5.74) is 0.220. The zero-order valence-corrected chi connectivity index (χ0v) is 16.1. The summed E-state index contributed by atoms with van der Waals surface area (Å²) in [6, 6.07) is 1.77. The maximum absolute atomic E-state index is 12.6. The highest BCUT2D eigenvalue weighted by Gasteiger charge is 2.42. The Kier molecular flexibility index (Phi) is 8.58. The normalized spacial score (nSPS) is 22.0. The fraction of sp³-hybridized carbons (Fsp3) is 0.667. The lowest BCUT2D eigenvalue weighted by Crippen LogP contribution is -2.56. The van der Waals surface area contributed by atoms with E-state index in [2.05, 4.69) is 4.98 Å². The first-order chi connectivity index (χ1) is 12.7. The second-order valence-corrected chi connectivity index (χ2v) is 6.90. The van der Waals surface area contributed by atoms with Crippen molar-refractivity contribution in [3.63, 3.8) is 0 Å². The number of aliphatic hydroxyl groups is 2. The largest absolute Gasteiger partial charge is 0.483 e. The molecule has 0 aromatic carbocycles. The maximum atomic E-state index is 12.6. The molecule has 9 heteroatoms. The standard InChI is InChI=1S/C17H27N3O4.CH2O2/c1-4-6-17(11-21)10-19(7-5-14(17)22)15(23)9-20-13(3)8-12(2)18-16(20)24;2-1-3/h8,14,21-22H,4-7,9-11H2,1-3H3;1H,(H,2,3)/t14-,17-;/m0./s1. The molecule has 9 nitrogen and oxygen atoms in total. The van der Waals surface area contributed by atoms with Gasteiger partial charge in [0, 0.05) is 29.9 Å². The number of piperidine rings is 1. The molecule has 0 bridgehead atoms. The zero-order valence-electron chi connectivity index (χ0n) is 16.1. The summed E-state index contributed by atoms with van der Waals surface area (Å²) in [6.07, 6.45) is 1.29. The topological polar surface area (TPSA) is 133 Å². The van der Waals surface area contributed by atoms with Gasteiger partial charge in [-0.15, -0.1) is 0 Å². The van der Waals surface area contributed by atoms with Gasteiger partial charge in [-0.2, -0.15) is 4.98 Å². The first-order valence-electron chi connectivity index (χ1n) is 8.94. The Bertz CT molecular complexity index is 705. The third-order valence-corrected chi connectivity index (χ3v) is 4.94. The van der Waals surface area contributed by atoms with Gasteiger partial charge in [0.15, 0.2) is 0 Å². The fourth-order valence-electron chi connectivity index (χ4n) is 3.54. The van der Waals surface area contributed by atoms with Crippen LogP contribution < -0.4 is 5.69 Å². The molecule has 0 radical (unpaired) electrons. The molecule has 1 saturated heterocycles. The zero-order chi connectivity index (χ0) is 20.6. The minimum atomic E-state index is -0.672. The number of hydrogen-bond acceptors (Lipinski definition) is 6. The minimum absolute atomic E-state index is 0.0678. The molecule has 1 aliphatic heterocycles. The van der Waals surface area contributed by atoms with Crippen molar-refractivity contribution in [1.29, 1.82) is 0 Å². The number of nitrogens with zero attached hydrogens (tertiary/aromatic N) is 3. The fourth-order valence-corrected chi connectivity index (χ4v) is 3.54.